The molecule has 0 saturated heterocycles. The van der Waals surface area contributed by atoms with E-state index in [1.54, 1.807) is 37.3 Å². The number of halogens is 3. The van der Waals surface area contributed by atoms with Gasteiger partial charge in [-0.25, -0.2) is 4.57 Å². The highest BCUT2D eigenvalue weighted by atomic mass is 31.2. The Morgan fingerprint density at radius 2 is 1.71 bits per heavy atom. The molecule has 4 aromatic rings. The van der Waals surface area contributed by atoms with Crippen LogP contribution in [0.2, 0.25) is 0 Å². The minimum atomic E-state index is -4.75. The summed E-state index contributed by atoms with van der Waals surface area (Å²) in [5.74, 6) is -0.483. The van der Waals surface area contributed by atoms with E-state index in [1.807, 2.05) is 6.07 Å². The van der Waals surface area contributed by atoms with Crippen LogP contribution in [0.1, 0.15) is 29.2 Å². The molecule has 2 heterocycles. The first kappa shape index (κ1) is 26.3. The van der Waals surface area contributed by atoms with Crippen LogP contribution in [0.3, 0.4) is 0 Å². The molecule has 0 amide bonds. The zero-order valence-corrected chi connectivity index (χ0v) is 20.9. The van der Waals surface area contributed by atoms with Gasteiger partial charge in [-0.1, -0.05) is 58.8 Å². The SMILES string of the molecule is CC(N)(COP(=O)(O)O)Cc1ccc2c(c1)CCc1c-2noc1-c1noc(-c2ccccc2)c1C(F)(F)F. The molecule has 1 atom stereocenters. The number of phosphoric ester groups is 1. The Bertz CT molecular complexity index is 1530. The molecule has 2 aromatic carbocycles. The zero-order chi connectivity index (χ0) is 27.3. The van der Waals surface area contributed by atoms with Crippen LogP contribution in [0.4, 0.5) is 13.2 Å². The fraction of sp³-hybridized carbons (Fsp3) is 0.280. The molecule has 0 aliphatic heterocycles. The lowest BCUT2D eigenvalue weighted by Gasteiger charge is -2.25. The average molecular weight is 549 g/mol. The molecule has 9 nitrogen and oxygen atoms in total. The van der Waals surface area contributed by atoms with Gasteiger partial charge in [0.25, 0.3) is 0 Å². The molecule has 1 aliphatic rings. The second-order valence-corrected chi connectivity index (χ2v) is 10.8. The van der Waals surface area contributed by atoms with Crippen molar-refractivity contribution in [3.8, 4) is 34.0 Å². The van der Waals surface area contributed by atoms with Gasteiger partial charge in [0.15, 0.2) is 17.2 Å². The molecule has 1 unspecified atom stereocenters. The Kier molecular flexibility index (Phi) is 6.57. The molecule has 0 saturated carbocycles. The van der Waals surface area contributed by atoms with E-state index in [9.17, 15) is 17.7 Å². The van der Waals surface area contributed by atoms with Crippen molar-refractivity contribution in [1.29, 1.82) is 0 Å². The Balaban J connectivity index is 1.47. The molecule has 38 heavy (non-hydrogen) atoms. The summed E-state index contributed by atoms with van der Waals surface area (Å²) in [7, 11) is -4.66. The molecule has 200 valence electrons. The molecular weight excluding hydrogens is 526 g/mol. The van der Waals surface area contributed by atoms with Crippen molar-refractivity contribution in [3.05, 3.63) is 70.8 Å². The summed E-state index contributed by atoms with van der Waals surface area (Å²) in [6.07, 6.45) is -3.63. The number of alkyl halides is 3. The molecule has 13 heteroatoms. The normalized spacial score (nSPS) is 15.1. The molecule has 2 aromatic heterocycles. The number of aromatic nitrogens is 2. The first-order valence-electron chi connectivity index (χ1n) is 11.5. The monoisotopic (exact) mass is 549 g/mol. The Hall–Kier alpha value is -3.28. The molecule has 0 fully saturated rings. The summed E-state index contributed by atoms with van der Waals surface area (Å²) < 4.78 is 68.7. The quantitative estimate of drug-likeness (QED) is 0.267. The topological polar surface area (TPSA) is 145 Å². The van der Waals surface area contributed by atoms with Crippen LogP contribution in [0.5, 0.6) is 0 Å². The van der Waals surface area contributed by atoms with Gasteiger partial charge >= 0.3 is 14.0 Å². The summed E-state index contributed by atoms with van der Waals surface area (Å²) >= 11 is 0. The van der Waals surface area contributed by atoms with Gasteiger partial charge < -0.3 is 24.6 Å². The van der Waals surface area contributed by atoms with Gasteiger partial charge in [-0.3, -0.25) is 4.52 Å². The molecule has 0 bridgehead atoms. The van der Waals surface area contributed by atoms with Crippen molar-refractivity contribution in [3.63, 3.8) is 0 Å². The van der Waals surface area contributed by atoms with Gasteiger partial charge in [0.2, 0.25) is 0 Å². The third-order valence-electron chi connectivity index (χ3n) is 6.25. The maximum atomic E-state index is 14.2. The number of rotatable bonds is 7. The van der Waals surface area contributed by atoms with Crippen LogP contribution in [0, 0.1) is 0 Å². The lowest BCUT2D eigenvalue weighted by molar-refractivity contribution is -0.136. The highest BCUT2D eigenvalue weighted by Gasteiger charge is 2.43. The molecule has 0 spiro atoms. The van der Waals surface area contributed by atoms with Gasteiger partial charge in [-0.05, 0) is 37.3 Å². The maximum Gasteiger partial charge on any atom is 0.469 e. The van der Waals surface area contributed by atoms with Crippen molar-refractivity contribution in [1.82, 2.24) is 10.3 Å². The number of aryl methyl sites for hydroxylation is 1. The summed E-state index contributed by atoms with van der Waals surface area (Å²) in [5.41, 5.74) is 7.21. The highest BCUT2D eigenvalue weighted by Crippen LogP contribution is 2.46. The second kappa shape index (κ2) is 9.48. The number of hydrogen-bond acceptors (Lipinski definition) is 7. The van der Waals surface area contributed by atoms with Gasteiger partial charge in [0.05, 0.1) is 6.61 Å². The highest BCUT2D eigenvalue weighted by molar-refractivity contribution is 7.46. The second-order valence-electron chi connectivity index (χ2n) is 9.52. The molecule has 4 N–H and O–H groups in total. The number of benzene rings is 2. The first-order chi connectivity index (χ1) is 17.8. The maximum absolute atomic E-state index is 14.2. The third-order valence-corrected chi connectivity index (χ3v) is 6.72. The summed E-state index contributed by atoms with van der Waals surface area (Å²) in [6.45, 7) is 1.26. The summed E-state index contributed by atoms with van der Waals surface area (Å²) in [6, 6.07) is 13.4. The van der Waals surface area contributed by atoms with Crippen molar-refractivity contribution >= 4 is 7.82 Å². The van der Waals surface area contributed by atoms with Gasteiger partial charge in [-0.2, -0.15) is 13.2 Å². The fourth-order valence-electron chi connectivity index (χ4n) is 4.64. The standard InChI is InChI=1S/C25H23F3N3O6P/c1-24(29,13-35-38(32,33)34)12-14-7-9-17-16(11-14)8-10-18-20(17)30-37-23(18)21-19(25(26,27)28)22(36-31-21)15-5-3-2-4-6-15/h2-7,9,11H,8,10,12-13,29H2,1H3,(H2,32,33,34). The van der Waals surface area contributed by atoms with Crippen LogP contribution >= 0.6 is 7.82 Å². The van der Waals surface area contributed by atoms with Crippen LogP contribution in [0.25, 0.3) is 34.0 Å². The van der Waals surface area contributed by atoms with E-state index >= 15 is 0 Å². The molecule has 5 rings (SSSR count). The van der Waals surface area contributed by atoms with Crippen LogP contribution in [0.15, 0.2) is 57.6 Å². The fourth-order valence-corrected chi connectivity index (χ4v) is 5.10. The number of nitrogens with zero attached hydrogens (tertiary/aromatic N) is 2. The Morgan fingerprint density at radius 1 is 1.03 bits per heavy atom. The van der Waals surface area contributed by atoms with E-state index in [-0.39, 0.29) is 24.4 Å². The summed E-state index contributed by atoms with van der Waals surface area (Å²) in [4.78, 5) is 17.9. The van der Waals surface area contributed by atoms with E-state index in [1.165, 1.54) is 12.1 Å². The van der Waals surface area contributed by atoms with Crippen molar-refractivity contribution in [2.24, 2.45) is 5.73 Å². The number of hydrogen-bond donors (Lipinski definition) is 3. The molecular formula is C25H23F3N3O6P. The first-order valence-corrected chi connectivity index (χ1v) is 13.1. The van der Waals surface area contributed by atoms with Gasteiger partial charge in [-0.15, -0.1) is 0 Å². The minimum absolute atomic E-state index is 0.0860. The Labute approximate surface area is 214 Å². The van der Waals surface area contributed by atoms with E-state index in [0.717, 1.165) is 11.1 Å². The Morgan fingerprint density at radius 3 is 2.39 bits per heavy atom. The van der Waals surface area contributed by atoms with E-state index in [2.05, 4.69) is 14.8 Å². The van der Waals surface area contributed by atoms with Crippen molar-refractivity contribution < 1.29 is 41.1 Å². The van der Waals surface area contributed by atoms with Crippen molar-refractivity contribution in [2.45, 2.75) is 37.9 Å². The average Bonchev–Trinajstić information content (AvgIpc) is 3.47. The molecule has 0 radical (unpaired) electrons. The minimum Gasteiger partial charge on any atom is -0.355 e. The lowest BCUT2D eigenvalue weighted by atomic mass is 9.85. The predicted octanol–water partition coefficient (Wildman–Crippen LogP) is 5.15. The number of phosphoric acid groups is 1. The van der Waals surface area contributed by atoms with Crippen LogP contribution in [-0.2, 0) is 34.5 Å². The summed E-state index contributed by atoms with van der Waals surface area (Å²) in [5, 5.41) is 7.83. The zero-order valence-electron chi connectivity index (χ0n) is 20.0. The van der Waals surface area contributed by atoms with Crippen molar-refractivity contribution in [2.75, 3.05) is 6.61 Å². The predicted molar refractivity (Wildman–Crippen MR) is 130 cm³/mol. The van der Waals surface area contributed by atoms with Gasteiger partial charge in [0, 0.05) is 22.2 Å². The third kappa shape index (κ3) is 5.31. The van der Waals surface area contributed by atoms with Crippen LogP contribution < -0.4 is 5.73 Å². The van der Waals surface area contributed by atoms with E-state index in [0.29, 0.717) is 29.7 Å². The number of fused-ring (bicyclic) bond motifs is 3. The molecule has 1 aliphatic carbocycles. The van der Waals surface area contributed by atoms with Crippen LogP contribution in [-0.4, -0.2) is 32.2 Å². The largest absolute Gasteiger partial charge is 0.469 e. The lowest BCUT2D eigenvalue weighted by Crippen LogP contribution is -2.43. The smallest absolute Gasteiger partial charge is 0.355 e. The van der Waals surface area contributed by atoms with Gasteiger partial charge in [0.1, 0.15) is 11.3 Å². The van der Waals surface area contributed by atoms with E-state index < -0.39 is 36.6 Å². The van der Waals surface area contributed by atoms with E-state index in [4.69, 9.17) is 24.6 Å². The number of nitrogens with two attached hydrogens (primary N) is 1.